The largest absolute Gasteiger partial charge is 0.373 e. The topological polar surface area (TPSA) is 51.4 Å². The second kappa shape index (κ2) is 6.46. The van der Waals surface area contributed by atoms with E-state index in [9.17, 15) is 0 Å². The zero-order valence-electron chi connectivity index (χ0n) is 12.1. The molecule has 2 N–H and O–H groups in total. The van der Waals surface area contributed by atoms with E-state index in [-0.39, 0.29) is 24.3 Å². The molecule has 0 spiro atoms. The average Bonchev–Trinajstić information content (AvgIpc) is 2.39. The molecule has 4 heteroatoms. The Morgan fingerprint density at radius 3 is 2.42 bits per heavy atom. The molecule has 1 aliphatic rings. The van der Waals surface area contributed by atoms with Gasteiger partial charge in [0.2, 0.25) is 0 Å². The summed E-state index contributed by atoms with van der Waals surface area (Å²) in [6, 6.07) is 4.54. The molecule has 1 saturated heterocycles. The van der Waals surface area contributed by atoms with Gasteiger partial charge in [0.15, 0.2) is 0 Å². The quantitative estimate of drug-likeness (QED) is 0.902. The maximum Gasteiger partial charge on any atom is 0.0678 e. The summed E-state index contributed by atoms with van der Waals surface area (Å²) in [6.45, 7) is 8.27. The second-order valence-electron chi connectivity index (χ2n) is 5.51. The third kappa shape index (κ3) is 3.53. The van der Waals surface area contributed by atoms with Crippen LogP contribution >= 0.6 is 0 Å². The molecule has 19 heavy (non-hydrogen) atoms. The van der Waals surface area contributed by atoms with Gasteiger partial charge in [0.1, 0.15) is 0 Å². The number of rotatable bonds is 4. The number of ether oxygens (including phenoxy) is 1. The first-order valence-corrected chi connectivity index (χ1v) is 7.16. The SMILES string of the molecule is CCC(N)C(c1ccncc1)N1C[C@@H](C)O[C@@H](C)C1. The fourth-order valence-electron chi connectivity index (χ4n) is 2.96. The lowest BCUT2D eigenvalue weighted by molar-refractivity contribution is -0.0838. The molecule has 1 fully saturated rings. The van der Waals surface area contributed by atoms with Crippen LogP contribution in [0.1, 0.15) is 38.8 Å². The van der Waals surface area contributed by atoms with Crippen molar-refractivity contribution in [2.75, 3.05) is 13.1 Å². The normalized spacial score (nSPS) is 28.0. The lowest BCUT2D eigenvalue weighted by atomic mass is 9.96. The van der Waals surface area contributed by atoms with Crippen LogP contribution in [0.3, 0.4) is 0 Å². The number of morpholine rings is 1. The summed E-state index contributed by atoms with van der Waals surface area (Å²) in [5.74, 6) is 0. The van der Waals surface area contributed by atoms with E-state index in [0.717, 1.165) is 19.5 Å². The lowest BCUT2D eigenvalue weighted by Crippen LogP contribution is -2.51. The van der Waals surface area contributed by atoms with Gasteiger partial charge in [0, 0.05) is 31.5 Å². The monoisotopic (exact) mass is 263 g/mol. The third-order valence-corrected chi connectivity index (χ3v) is 3.77. The zero-order chi connectivity index (χ0) is 13.8. The van der Waals surface area contributed by atoms with Crippen LogP contribution in [0.2, 0.25) is 0 Å². The van der Waals surface area contributed by atoms with E-state index in [4.69, 9.17) is 10.5 Å². The van der Waals surface area contributed by atoms with E-state index in [2.05, 4.69) is 42.8 Å². The smallest absolute Gasteiger partial charge is 0.0678 e. The molecule has 0 aromatic carbocycles. The zero-order valence-corrected chi connectivity index (χ0v) is 12.1. The highest BCUT2D eigenvalue weighted by molar-refractivity contribution is 5.17. The summed E-state index contributed by atoms with van der Waals surface area (Å²) in [7, 11) is 0. The van der Waals surface area contributed by atoms with Gasteiger partial charge in [-0.05, 0) is 38.0 Å². The van der Waals surface area contributed by atoms with E-state index in [1.54, 1.807) is 0 Å². The van der Waals surface area contributed by atoms with Crippen molar-refractivity contribution >= 4 is 0 Å². The maximum atomic E-state index is 6.37. The van der Waals surface area contributed by atoms with Crippen molar-refractivity contribution < 1.29 is 4.74 Å². The fourth-order valence-corrected chi connectivity index (χ4v) is 2.96. The molecule has 2 rings (SSSR count). The van der Waals surface area contributed by atoms with Crippen LogP contribution in [0, 0.1) is 0 Å². The predicted octanol–water partition coefficient (Wildman–Crippen LogP) is 1.97. The highest BCUT2D eigenvalue weighted by atomic mass is 16.5. The van der Waals surface area contributed by atoms with Gasteiger partial charge in [-0.2, -0.15) is 0 Å². The summed E-state index contributed by atoms with van der Waals surface area (Å²) in [4.78, 5) is 6.56. The van der Waals surface area contributed by atoms with Gasteiger partial charge in [-0.3, -0.25) is 9.88 Å². The number of nitrogens with zero attached hydrogens (tertiary/aromatic N) is 2. The minimum Gasteiger partial charge on any atom is -0.373 e. The summed E-state index contributed by atoms with van der Waals surface area (Å²) in [5.41, 5.74) is 7.62. The van der Waals surface area contributed by atoms with Crippen LogP contribution in [-0.2, 0) is 4.74 Å². The number of aromatic nitrogens is 1. The highest BCUT2D eigenvalue weighted by Crippen LogP contribution is 2.27. The van der Waals surface area contributed by atoms with Crippen molar-refractivity contribution in [2.24, 2.45) is 5.73 Å². The molecule has 0 saturated carbocycles. The molecule has 2 unspecified atom stereocenters. The van der Waals surface area contributed by atoms with Crippen LogP contribution in [0.5, 0.6) is 0 Å². The molecule has 2 heterocycles. The summed E-state index contributed by atoms with van der Waals surface area (Å²) < 4.78 is 5.82. The van der Waals surface area contributed by atoms with Gasteiger partial charge in [-0.1, -0.05) is 6.92 Å². The van der Waals surface area contributed by atoms with E-state index in [0.29, 0.717) is 0 Å². The maximum absolute atomic E-state index is 6.37. The lowest BCUT2D eigenvalue weighted by Gasteiger charge is -2.42. The van der Waals surface area contributed by atoms with Crippen molar-refractivity contribution in [2.45, 2.75) is 51.5 Å². The molecule has 0 radical (unpaired) electrons. The highest BCUT2D eigenvalue weighted by Gasteiger charge is 2.31. The van der Waals surface area contributed by atoms with Crippen molar-refractivity contribution in [3.8, 4) is 0 Å². The van der Waals surface area contributed by atoms with Gasteiger partial charge in [0.05, 0.1) is 18.2 Å². The molecule has 1 aliphatic heterocycles. The first-order chi connectivity index (χ1) is 9.11. The van der Waals surface area contributed by atoms with Gasteiger partial charge in [0.25, 0.3) is 0 Å². The minimum atomic E-state index is 0.139. The Morgan fingerprint density at radius 2 is 1.89 bits per heavy atom. The van der Waals surface area contributed by atoms with Crippen molar-refractivity contribution in [3.63, 3.8) is 0 Å². The van der Waals surface area contributed by atoms with Crippen molar-refractivity contribution in [1.29, 1.82) is 0 Å². The number of hydrogen-bond donors (Lipinski definition) is 1. The first kappa shape index (κ1) is 14.4. The fraction of sp³-hybridized carbons (Fsp3) is 0.667. The Balaban J connectivity index is 2.23. The van der Waals surface area contributed by atoms with E-state index in [1.807, 2.05) is 12.4 Å². The van der Waals surface area contributed by atoms with E-state index >= 15 is 0 Å². The Hall–Kier alpha value is -0.970. The molecule has 0 bridgehead atoms. The standard InChI is InChI=1S/C15H25N3O/c1-4-14(16)15(13-5-7-17-8-6-13)18-9-11(2)19-12(3)10-18/h5-8,11-12,14-15H,4,9-10,16H2,1-3H3/t11-,12+,14?,15?. The molecule has 106 valence electrons. The Labute approximate surface area is 116 Å². The molecule has 1 aromatic rings. The molecule has 4 nitrogen and oxygen atoms in total. The molecular formula is C15H25N3O. The van der Waals surface area contributed by atoms with Gasteiger partial charge in [-0.25, -0.2) is 0 Å². The Morgan fingerprint density at radius 1 is 1.32 bits per heavy atom. The molecule has 0 aliphatic carbocycles. The minimum absolute atomic E-state index is 0.139. The van der Waals surface area contributed by atoms with E-state index in [1.165, 1.54) is 5.56 Å². The third-order valence-electron chi connectivity index (χ3n) is 3.77. The summed E-state index contributed by atoms with van der Waals surface area (Å²) in [5, 5.41) is 0. The van der Waals surface area contributed by atoms with E-state index < -0.39 is 0 Å². The number of pyridine rings is 1. The first-order valence-electron chi connectivity index (χ1n) is 7.16. The molecule has 0 amide bonds. The summed E-state index contributed by atoms with van der Waals surface area (Å²) >= 11 is 0. The second-order valence-corrected chi connectivity index (χ2v) is 5.51. The average molecular weight is 263 g/mol. The molecule has 4 atom stereocenters. The van der Waals surface area contributed by atoms with Crippen LogP contribution in [0.15, 0.2) is 24.5 Å². The van der Waals surface area contributed by atoms with Gasteiger partial charge < -0.3 is 10.5 Å². The number of nitrogens with two attached hydrogens (primary N) is 1. The summed E-state index contributed by atoms with van der Waals surface area (Å²) in [6.07, 6.45) is 5.18. The van der Waals surface area contributed by atoms with Crippen LogP contribution in [0.4, 0.5) is 0 Å². The van der Waals surface area contributed by atoms with Crippen LogP contribution in [0.25, 0.3) is 0 Å². The van der Waals surface area contributed by atoms with Gasteiger partial charge in [-0.15, -0.1) is 0 Å². The van der Waals surface area contributed by atoms with Crippen molar-refractivity contribution in [1.82, 2.24) is 9.88 Å². The van der Waals surface area contributed by atoms with Gasteiger partial charge >= 0.3 is 0 Å². The molecular weight excluding hydrogens is 238 g/mol. The Bertz CT molecular complexity index is 374. The van der Waals surface area contributed by atoms with Crippen molar-refractivity contribution in [3.05, 3.63) is 30.1 Å². The van der Waals surface area contributed by atoms with Crippen LogP contribution in [-0.4, -0.2) is 41.2 Å². The predicted molar refractivity (Wildman–Crippen MR) is 76.8 cm³/mol. The molecule has 1 aromatic heterocycles. The Kier molecular flexibility index (Phi) is 4.91. The van der Waals surface area contributed by atoms with Crippen LogP contribution < -0.4 is 5.73 Å². The number of hydrogen-bond acceptors (Lipinski definition) is 4.